The lowest BCUT2D eigenvalue weighted by Gasteiger charge is -2.31. The molecule has 1 saturated heterocycles. The molecule has 0 radical (unpaired) electrons. The van der Waals surface area contributed by atoms with Crippen LogP contribution >= 0.6 is 0 Å². The molecule has 3 aromatic rings. The minimum absolute atomic E-state index is 0.156. The van der Waals surface area contributed by atoms with Gasteiger partial charge in [0.25, 0.3) is 11.5 Å². The number of hydrogen-bond acceptors (Lipinski definition) is 4. The van der Waals surface area contributed by atoms with Gasteiger partial charge in [-0.15, -0.1) is 0 Å². The fourth-order valence-electron chi connectivity index (χ4n) is 3.73. The highest BCUT2D eigenvalue weighted by atomic mass is 19.1. The number of H-pyrrole nitrogens is 1. The van der Waals surface area contributed by atoms with Crippen LogP contribution in [0.4, 0.5) is 4.39 Å². The van der Waals surface area contributed by atoms with Gasteiger partial charge in [-0.1, -0.05) is 0 Å². The third-order valence-corrected chi connectivity index (χ3v) is 5.38. The molecular weight excluding hydrogens is 373 g/mol. The van der Waals surface area contributed by atoms with Crippen molar-refractivity contribution >= 4 is 5.91 Å². The Bertz CT molecular complexity index is 1100. The summed E-state index contributed by atoms with van der Waals surface area (Å²) in [6.45, 7) is 4.70. The number of pyridine rings is 1. The average Bonchev–Trinajstić information content (AvgIpc) is 3.15. The van der Waals surface area contributed by atoms with E-state index in [1.54, 1.807) is 24.1 Å². The van der Waals surface area contributed by atoms with Crippen molar-refractivity contribution in [3.63, 3.8) is 0 Å². The van der Waals surface area contributed by atoms with Gasteiger partial charge in [-0.25, -0.2) is 9.37 Å². The topological polar surface area (TPSA) is 83.9 Å². The van der Waals surface area contributed by atoms with E-state index in [0.29, 0.717) is 24.3 Å². The number of likely N-dealkylation sites (tertiary alicyclic amines) is 1. The van der Waals surface area contributed by atoms with Crippen LogP contribution in [0.2, 0.25) is 0 Å². The average molecular weight is 395 g/mol. The van der Waals surface area contributed by atoms with Gasteiger partial charge in [0.1, 0.15) is 17.2 Å². The Morgan fingerprint density at radius 3 is 2.45 bits per heavy atom. The van der Waals surface area contributed by atoms with Crippen LogP contribution in [0, 0.1) is 19.7 Å². The standard InChI is InChI=1S/C21H22FN5O2/c1-13-7-12-27(17-5-3-16(22)4-6-17)21(29)18(13)20(28)26-10-8-15(9-11-26)19-23-14(2)24-25-19/h3-7,12,15H,8-11H2,1-2H3,(H,23,24,25). The highest BCUT2D eigenvalue weighted by Crippen LogP contribution is 2.26. The maximum absolute atomic E-state index is 13.2. The van der Waals surface area contributed by atoms with E-state index in [-0.39, 0.29) is 23.2 Å². The largest absolute Gasteiger partial charge is 0.338 e. The SMILES string of the molecule is Cc1nc(C2CCN(C(=O)c3c(C)ccn(-c4ccc(F)cc4)c3=O)CC2)n[nH]1. The highest BCUT2D eigenvalue weighted by molar-refractivity contribution is 5.95. The van der Waals surface area contributed by atoms with Crippen molar-refractivity contribution in [3.8, 4) is 5.69 Å². The molecule has 8 heteroatoms. The van der Waals surface area contributed by atoms with Crippen LogP contribution in [0.5, 0.6) is 0 Å². The van der Waals surface area contributed by atoms with Gasteiger partial charge in [0.05, 0.1) is 0 Å². The number of carbonyl (C=O) groups is 1. The molecule has 3 heterocycles. The van der Waals surface area contributed by atoms with Crippen LogP contribution in [0.25, 0.3) is 5.69 Å². The molecule has 1 amide bonds. The summed E-state index contributed by atoms with van der Waals surface area (Å²) >= 11 is 0. The van der Waals surface area contributed by atoms with Gasteiger partial charge in [0.15, 0.2) is 5.82 Å². The number of carbonyl (C=O) groups excluding carboxylic acids is 1. The van der Waals surface area contributed by atoms with Crippen molar-refractivity contribution in [3.05, 3.63) is 75.5 Å². The number of aromatic amines is 1. The van der Waals surface area contributed by atoms with Crippen LogP contribution in [-0.4, -0.2) is 43.6 Å². The van der Waals surface area contributed by atoms with E-state index < -0.39 is 5.56 Å². The Kier molecular flexibility index (Phi) is 5.00. The first-order valence-electron chi connectivity index (χ1n) is 9.60. The molecular formula is C21H22FN5O2. The summed E-state index contributed by atoms with van der Waals surface area (Å²) in [5.41, 5.74) is 0.909. The van der Waals surface area contributed by atoms with Crippen molar-refractivity contribution in [1.29, 1.82) is 0 Å². The molecule has 7 nitrogen and oxygen atoms in total. The third kappa shape index (κ3) is 3.70. The number of aryl methyl sites for hydroxylation is 2. The molecule has 150 valence electrons. The van der Waals surface area contributed by atoms with Gasteiger partial charge in [-0.05, 0) is 62.6 Å². The number of rotatable bonds is 3. The van der Waals surface area contributed by atoms with Crippen molar-refractivity contribution in [1.82, 2.24) is 24.6 Å². The first-order valence-corrected chi connectivity index (χ1v) is 9.60. The summed E-state index contributed by atoms with van der Waals surface area (Å²) < 4.78 is 14.6. The molecule has 1 aliphatic heterocycles. The van der Waals surface area contributed by atoms with E-state index in [0.717, 1.165) is 24.5 Å². The lowest BCUT2D eigenvalue weighted by Crippen LogP contribution is -2.41. The normalized spacial score (nSPS) is 14.9. The van der Waals surface area contributed by atoms with Gasteiger partial charge in [0.2, 0.25) is 0 Å². The van der Waals surface area contributed by atoms with Crippen LogP contribution in [0.15, 0.2) is 41.3 Å². The molecule has 0 atom stereocenters. The van der Waals surface area contributed by atoms with Gasteiger partial charge in [0, 0.05) is 30.9 Å². The Hall–Kier alpha value is -3.29. The van der Waals surface area contributed by atoms with E-state index in [4.69, 9.17) is 0 Å². The lowest BCUT2D eigenvalue weighted by molar-refractivity contribution is 0.0708. The molecule has 1 aromatic carbocycles. The molecule has 29 heavy (non-hydrogen) atoms. The van der Waals surface area contributed by atoms with Gasteiger partial charge in [-0.3, -0.25) is 19.3 Å². The summed E-state index contributed by atoms with van der Waals surface area (Å²) in [6.07, 6.45) is 3.11. The van der Waals surface area contributed by atoms with Crippen molar-refractivity contribution in [2.45, 2.75) is 32.6 Å². The van der Waals surface area contributed by atoms with Crippen molar-refractivity contribution in [2.24, 2.45) is 0 Å². The maximum Gasteiger partial charge on any atom is 0.268 e. The zero-order valence-corrected chi connectivity index (χ0v) is 16.4. The third-order valence-electron chi connectivity index (χ3n) is 5.38. The summed E-state index contributed by atoms with van der Waals surface area (Å²) in [5.74, 6) is 1.11. The first-order chi connectivity index (χ1) is 13.9. The lowest BCUT2D eigenvalue weighted by atomic mass is 9.95. The number of benzene rings is 1. The van der Waals surface area contributed by atoms with Crippen LogP contribution < -0.4 is 5.56 Å². The molecule has 4 rings (SSSR count). The quantitative estimate of drug-likeness (QED) is 0.739. The summed E-state index contributed by atoms with van der Waals surface area (Å²) in [6, 6.07) is 7.36. The summed E-state index contributed by atoms with van der Waals surface area (Å²) in [4.78, 5) is 32.3. The van der Waals surface area contributed by atoms with E-state index in [2.05, 4.69) is 15.2 Å². The number of piperidine rings is 1. The molecule has 0 unspecified atom stereocenters. The number of hydrogen-bond donors (Lipinski definition) is 1. The molecule has 0 saturated carbocycles. The Morgan fingerprint density at radius 1 is 1.14 bits per heavy atom. The second-order valence-corrected chi connectivity index (χ2v) is 7.37. The van der Waals surface area contributed by atoms with E-state index in [9.17, 15) is 14.0 Å². The second-order valence-electron chi connectivity index (χ2n) is 7.37. The van der Waals surface area contributed by atoms with E-state index in [1.165, 1.54) is 28.8 Å². The minimum atomic E-state index is -0.395. The summed E-state index contributed by atoms with van der Waals surface area (Å²) in [7, 11) is 0. The fraction of sp³-hybridized carbons (Fsp3) is 0.333. The Balaban J connectivity index is 1.57. The molecule has 2 aromatic heterocycles. The molecule has 0 bridgehead atoms. The number of amides is 1. The monoisotopic (exact) mass is 395 g/mol. The van der Waals surface area contributed by atoms with E-state index >= 15 is 0 Å². The van der Waals surface area contributed by atoms with Crippen LogP contribution in [0.3, 0.4) is 0 Å². The zero-order valence-electron chi connectivity index (χ0n) is 16.4. The van der Waals surface area contributed by atoms with Crippen molar-refractivity contribution < 1.29 is 9.18 Å². The second kappa shape index (κ2) is 7.62. The Labute approximate surface area is 167 Å². The number of nitrogens with one attached hydrogen (secondary N) is 1. The predicted octanol–water partition coefficient (Wildman–Crippen LogP) is 2.73. The van der Waals surface area contributed by atoms with Crippen LogP contribution in [-0.2, 0) is 0 Å². The predicted molar refractivity (Wildman–Crippen MR) is 106 cm³/mol. The molecule has 1 N–H and O–H groups in total. The molecule has 0 spiro atoms. The number of aromatic nitrogens is 4. The molecule has 0 aliphatic carbocycles. The highest BCUT2D eigenvalue weighted by Gasteiger charge is 2.29. The Morgan fingerprint density at radius 2 is 1.83 bits per heavy atom. The smallest absolute Gasteiger partial charge is 0.268 e. The first kappa shape index (κ1) is 19.0. The molecule has 1 fully saturated rings. The fourth-order valence-corrected chi connectivity index (χ4v) is 3.73. The van der Waals surface area contributed by atoms with E-state index in [1.807, 2.05) is 6.92 Å². The zero-order chi connectivity index (χ0) is 20.5. The van der Waals surface area contributed by atoms with Crippen LogP contribution in [0.1, 0.15) is 46.3 Å². The number of nitrogens with zero attached hydrogens (tertiary/aromatic N) is 4. The van der Waals surface area contributed by atoms with Crippen molar-refractivity contribution in [2.75, 3.05) is 13.1 Å². The van der Waals surface area contributed by atoms with Gasteiger partial charge >= 0.3 is 0 Å². The van der Waals surface area contributed by atoms with Gasteiger partial charge < -0.3 is 4.90 Å². The maximum atomic E-state index is 13.2. The van der Waals surface area contributed by atoms with Gasteiger partial charge in [-0.2, -0.15) is 5.10 Å². The summed E-state index contributed by atoms with van der Waals surface area (Å²) in [5, 5.41) is 7.08. The molecule has 1 aliphatic rings. The number of halogens is 1. The minimum Gasteiger partial charge on any atom is -0.338 e.